The number of pyridine rings is 1. The summed E-state index contributed by atoms with van der Waals surface area (Å²) in [5.74, 6) is 2.34. The van der Waals surface area contributed by atoms with Gasteiger partial charge < -0.3 is 19.5 Å². The van der Waals surface area contributed by atoms with Gasteiger partial charge in [0.2, 0.25) is 0 Å². The first kappa shape index (κ1) is 24.6. The molecule has 1 aliphatic carbocycles. The molecule has 0 radical (unpaired) electrons. The average molecular weight is 479 g/mol. The van der Waals surface area contributed by atoms with Gasteiger partial charge in [-0.05, 0) is 61.6 Å². The van der Waals surface area contributed by atoms with E-state index in [1.54, 1.807) is 18.3 Å². The Morgan fingerprint density at radius 2 is 1.69 bits per heavy atom. The normalized spacial score (nSPS) is 19.9. The van der Waals surface area contributed by atoms with Crippen molar-refractivity contribution in [3.8, 4) is 22.9 Å². The number of methoxy groups -OCH3 is 2. The Kier molecular flexibility index (Phi) is 7.34. The van der Waals surface area contributed by atoms with Crippen molar-refractivity contribution in [2.75, 3.05) is 20.8 Å². The standard InChI is InChI=1S/C28H34N2O5/c1-6-35-20-12-10-19(11-13-20)30-16-23(27(31)29-24-9-7-8-17(2)18(24)3)21-14-25(33-4)26(34-5)15-22(21)28(30)32/h10-18,24H,6-9H2,1-5H3,(H,29,31)/t17-,18-,24-/m1/s1. The van der Waals surface area contributed by atoms with Crippen molar-refractivity contribution in [3.05, 3.63) is 58.5 Å². The molecular weight excluding hydrogens is 444 g/mol. The first-order valence-electron chi connectivity index (χ1n) is 12.2. The van der Waals surface area contributed by atoms with E-state index in [1.165, 1.54) is 25.2 Å². The van der Waals surface area contributed by atoms with Gasteiger partial charge in [0.15, 0.2) is 11.5 Å². The highest BCUT2D eigenvalue weighted by Crippen LogP contribution is 2.34. The number of benzene rings is 2. The van der Waals surface area contributed by atoms with Crippen LogP contribution in [0.15, 0.2) is 47.4 Å². The molecule has 4 rings (SSSR count). The van der Waals surface area contributed by atoms with Crippen LogP contribution in [0, 0.1) is 11.8 Å². The van der Waals surface area contributed by atoms with Crippen molar-refractivity contribution < 1.29 is 19.0 Å². The Morgan fingerprint density at radius 3 is 2.31 bits per heavy atom. The smallest absolute Gasteiger partial charge is 0.263 e. The topological polar surface area (TPSA) is 78.8 Å². The number of hydrogen-bond donors (Lipinski definition) is 1. The van der Waals surface area contributed by atoms with Gasteiger partial charge in [0.1, 0.15) is 5.75 Å². The molecule has 1 fully saturated rings. The Labute approximate surface area is 206 Å². The van der Waals surface area contributed by atoms with Crippen molar-refractivity contribution in [1.29, 1.82) is 0 Å². The molecule has 186 valence electrons. The molecule has 1 amide bonds. The third-order valence-electron chi connectivity index (χ3n) is 7.22. The van der Waals surface area contributed by atoms with E-state index in [9.17, 15) is 9.59 Å². The van der Waals surface area contributed by atoms with Crippen molar-refractivity contribution in [1.82, 2.24) is 9.88 Å². The zero-order valence-electron chi connectivity index (χ0n) is 21.1. The molecule has 1 heterocycles. The number of rotatable bonds is 7. The van der Waals surface area contributed by atoms with Gasteiger partial charge in [0.25, 0.3) is 11.5 Å². The first-order valence-corrected chi connectivity index (χ1v) is 12.2. The summed E-state index contributed by atoms with van der Waals surface area (Å²) in [7, 11) is 3.06. The van der Waals surface area contributed by atoms with E-state index in [-0.39, 0.29) is 17.5 Å². The van der Waals surface area contributed by atoms with Crippen LogP contribution in [-0.2, 0) is 0 Å². The second-order valence-electron chi connectivity index (χ2n) is 9.24. The van der Waals surface area contributed by atoms with Crippen molar-refractivity contribution in [2.24, 2.45) is 11.8 Å². The van der Waals surface area contributed by atoms with Gasteiger partial charge in [0, 0.05) is 23.3 Å². The molecule has 3 atom stereocenters. The van der Waals surface area contributed by atoms with Gasteiger partial charge in [-0.15, -0.1) is 0 Å². The van der Waals surface area contributed by atoms with E-state index in [0.717, 1.165) is 18.6 Å². The molecule has 7 heteroatoms. The summed E-state index contributed by atoms with van der Waals surface area (Å²) in [6.07, 6.45) is 4.84. The molecular formula is C28H34N2O5. The van der Waals surface area contributed by atoms with Crippen molar-refractivity contribution in [3.63, 3.8) is 0 Å². The van der Waals surface area contributed by atoms with Crippen LogP contribution in [0.4, 0.5) is 0 Å². The van der Waals surface area contributed by atoms with Crippen LogP contribution in [0.1, 0.15) is 50.4 Å². The zero-order valence-corrected chi connectivity index (χ0v) is 21.1. The van der Waals surface area contributed by atoms with Gasteiger partial charge in [-0.1, -0.05) is 26.7 Å². The molecule has 0 saturated heterocycles. The number of nitrogens with zero attached hydrogens (tertiary/aromatic N) is 1. The third kappa shape index (κ3) is 4.85. The predicted molar refractivity (Wildman–Crippen MR) is 137 cm³/mol. The maximum atomic E-state index is 13.6. The number of hydrogen-bond acceptors (Lipinski definition) is 5. The second kappa shape index (κ2) is 10.4. The Bertz CT molecular complexity index is 1270. The van der Waals surface area contributed by atoms with E-state index in [2.05, 4.69) is 19.2 Å². The molecule has 2 aromatic carbocycles. The van der Waals surface area contributed by atoms with E-state index < -0.39 is 0 Å². The number of carbonyl (C=O) groups excluding carboxylic acids is 1. The van der Waals surface area contributed by atoms with Crippen LogP contribution >= 0.6 is 0 Å². The highest BCUT2D eigenvalue weighted by atomic mass is 16.5. The fraction of sp³-hybridized carbons (Fsp3) is 0.429. The lowest BCUT2D eigenvalue weighted by Gasteiger charge is -2.34. The van der Waals surface area contributed by atoms with E-state index >= 15 is 0 Å². The van der Waals surface area contributed by atoms with Gasteiger partial charge in [-0.3, -0.25) is 14.2 Å². The quantitative estimate of drug-likeness (QED) is 0.519. The van der Waals surface area contributed by atoms with Gasteiger partial charge in [-0.25, -0.2) is 0 Å². The Hall–Kier alpha value is -3.48. The number of aromatic nitrogens is 1. The van der Waals surface area contributed by atoms with Crippen LogP contribution in [0.25, 0.3) is 16.5 Å². The average Bonchev–Trinajstić information content (AvgIpc) is 2.87. The summed E-state index contributed by atoms with van der Waals surface area (Å²) < 4.78 is 18.0. The van der Waals surface area contributed by atoms with Crippen molar-refractivity contribution >= 4 is 16.7 Å². The minimum absolute atomic E-state index is 0.0901. The van der Waals surface area contributed by atoms with Crippen molar-refractivity contribution in [2.45, 2.75) is 46.1 Å². The van der Waals surface area contributed by atoms with Crippen LogP contribution in [0.5, 0.6) is 17.2 Å². The monoisotopic (exact) mass is 478 g/mol. The summed E-state index contributed by atoms with van der Waals surface area (Å²) in [4.78, 5) is 27.2. The van der Waals surface area contributed by atoms with E-state index in [1.807, 2.05) is 31.2 Å². The molecule has 7 nitrogen and oxygen atoms in total. The van der Waals surface area contributed by atoms with E-state index in [4.69, 9.17) is 14.2 Å². The fourth-order valence-electron chi connectivity index (χ4n) is 4.94. The summed E-state index contributed by atoms with van der Waals surface area (Å²) in [6, 6.07) is 10.7. The maximum absolute atomic E-state index is 13.6. The number of ether oxygens (including phenoxy) is 3. The molecule has 0 bridgehead atoms. The largest absolute Gasteiger partial charge is 0.494 e. The van der Waals surface area contributed by atoms with Crippen LogP contribution in [-0.4, -0.2) is 37.3 Å². The number of nitrogens with one attached hydrogen (secondary N) is 1. The van der Waals surface area contributed by atoms with Crippen LogP contribution in [0.3, 0.4) is 0 Å². The Balaban J connectivity index is 1.86. The lowest BCUT2D eigenvalue weighted by atomic mass is 9.78. The zero-order chi connectivity index (χ0) is 25.1. The molecule has 3 aromatic rings. The highest BCUT2D eigenvalue weighted by Gasteiger charge is 2.29. The molecule has 1 aliphatic rings. The number of carbonyl (C=O) groups is 1. The van der Waals surface area contributed by atoms with Crippen LogP contribution in [0.2, 0.25) is 0 Å². The van der Waals surface area contributed by atoms with E-state index in [0.29, 0.717) is 52.0 Å². The van der Waals surface area contributed by atoms with Crippen LogP contribution < -0.4 is 25.1 Å². The predicted octanol–water partition coefficient (Wildman–Crippen LogP) is 4.96. The number of amides is 1. The molecule has 0 unspecified atom stereocenters. The lowest BCUT2D eigenvalue weighted by Crippen LogP contribution is -2.44. The molecule has 0 aliphatic heterocycles. The lowest BCUT2D eigenvalue weighted by molar-refractivity contribution is 0.0892. The third-order valence-corrected chi connectivity index (χ3v) is 7.22. The highest BCUT2D eigenvalue weighted by molar-refractivity contribution is 6.07. The molecule has 0 spiro atoms. The minimum atomic E-state index is -0.249. The van der Waals surface area contributed by atoms with Gasteiger partial charge in [0.05, 0.1) is 31.8 Å². The summed E-state index contributed by atoms with van der Waals surface area (Å²) in [5, 5.41) is 4.17. The van der Waals surface area contributed by atoms with Gasteiger partial charge in [-0.2, -0.15) is 0 Å². The molecule has 1 saturated carbocycles. The number of fused-ring (bicyclic) bond motifs is 1. The molecule has 35 heavy (non-hydrogen) atoms. The second-order valence-corrected chi connectivity index (χ2v) is 9.24. The SMILES string of the molecule is CCOc1ccc(-n2cc(C(=O)N[C@@H]3CCC[C@@H](C)[C@H]3C)c3cc(OC)c(OC)cc3c2=O)cc1. The maximum Gasteiger partial charge on any atom is 0.263 e. The fourth-order valence-corrected chi connectivity index (χ4v) is 4.94. The molecule has 1 N–H and O–H groups in total. The summed E-state index contributed by atoms with van der Waals surface area (Å²) in [5.41, 5.74) is 0.810. The summed E-state index contributed by atoms with van der Waals surface area (Å²) >= 11 is 0. The Morgan fingerprint density at radius 1 is 1.03 bits per heavy atom. The minimum Gasteiger partial charge on any atom is -0.494 e. The van der Waals surface area contributed by atoms with Gasteiger partial charge >= 0.3 is 0 Å². The first-order chi connectivity index (χ1) is 16.9. The molecule has 1 aromatic heterocycles. The summed E-state index contributed by atoms with van der Waals surface area (Å²) in [6.45, 7) is 6.91.